The number of sulfonamides is 1. The molecule has 1 unspecified atom stereocenters. The fourth-order valence-electron chi connectivity index (χ4n) is 2.38. The predicted molar refractivity (Wildman–Crippen MR) is 74.8 cm³/mol. The first-order valence-electron chi connectivity index (χ1n) is 6.88. The van der Waals surface area contributed by atoms with E-state index in [1.165, 1.54) is 4.31 Å². The maximum atomic E-state index is 12.7. The number of rotatable bonds is 7. The quantitative estimate of drug-likeness (QED) is 0.757. The fourth-order valence-corrected chi connectivity index (χ4v) is 3.97. The molecule has 0 saturated carbocycles. The van der Waals surface area contributed by atoms with E-state index < -0.39 is 10.0 Å². The Kier molecular flexibility index (Phi) is 5.14. The van der Waals surface area contributed by atoms with E-state index in [1.54, 1.807) is 13.2 Å². The molecule has 114 valence electrons. The molecule has 0 amide bonds. The molecule has 1 fully saturated rings. The third-order valence-corrected chi connectivity index (χ3v) is 5.38. The van der Waals surface area contributed by atoms with Gasteiger partial charge in [0.15, 0.2) is 5.03 Å². The molecule has 1 aliphatic heterocycles. The standard InChI is InChI=1S/C12H22N4O3S/c1-3-16(9-11-5-4-6-19-11)20(17,18)12-10(7-13-2)8-14-15-12/h8,11,13H,3-7,9H2,1-2H3,(H,14,15). The Labute approximate surface area is 119 Å². The average Bonchev–Trinajstić information content (AvgIpc) is 3.07. The van der Waals surface area contributed by atoms with Crippen LogP contribution in [0.25, 0.3) is 0 Å². The van der Waals surface area contributed by atoms with Gasteiger partial charge in [0, 0.05) is 31.8 Å². The Bertz CT molecular complexity index is 523. The van der Waals surface area contributed by atoms with E-state index in [2.05, 4.69) is 15.5 Å². The zero-order chi connectivity index (χ0) is 14.6. The van der Waals surface area contributed by atoms with Crippen LogP contribution in [0.4, 0.5) is 0 Å². The molecule has 2 rings (SSSR count). The number of nitrogens with one attached hydrogen (secondary N) is 2. The summed E-state index contributed by atoms with van der Waals surface area (Å²) in [5, 5.41) is 9.58. The molecule has 1 aliphatic rings. The SMILES string of the molecule is CCN(CC1CCCO1)S(=O)(=O)c1[nH]ncc1CNC. The summed E-state index contributed by atoms with van der Waals surface area (Å²) in [6.45, 7) is 3.83. The first-order chi connectivity index (χ1) is 9.59. The molecule has 0 spiro atoms. The highest BCUT2D eigenvalue weighted by Crippen LogP contribution is 2.20. The molecule has 8 heteroatoms. The summed E-state index contributed by atoms with van der Waals surface area (Å²) in [6, 6.07) is 0. The van der Waals surface area contributed by atoms with Crippen LogP contribution >= 0.6 is 0 Å². The number of ether oxygens (including phenoxy) is 1. The van der Waals surface area contributed by atoms with Crippen LogP contribution in [0.2, 0.25) is 0 Å². The molecule has 0 aliphatic carbocycles. The van der Waals surface area contributed by atoms with Gasteiger partial charge in [0.25, 0.3) is 10.0 Å². The van der Waals surface area contributed by atoms with Crippen LogP contribution in [0.15, 0.2) is 11.2 Å². The summed E-state index contributed by atoms with van der Waals surface area (Å²) in [5.41, 5.74) is 0.651. The van der Waals surface area contributed by atoms with E-state index in [0.717, 1.165) is 19.4 Å². The van der Waals surface area contributed by atoms with Crippen molar-refractivity contribution in [3.63, 3.8) is 0 Å². The highest BCUT2D eigenvalue weighted by molar-refractivity contribution is 7.89. The van der Waals surface area contributed by atoms with Crippen LogP contribution in [0.1, 0.15) is 25.3 Å². The van der Waals surface area contributed by atoms with Gasteiger partial charge in [-0.1, -0.05) is 6.92 Å². The minimum atomic E-state index is -3.55. The number of aromatic amines is 1. The van der Waals surface area contributed by atoms with Gasteiger partial charge < -0.3 is 10.1 Å². The lowest BCUT2D eigenvalue weighted by Crippen LogP contribution is -2.37. The van der Waals surface area contributed by atoms with Crippen LogP contribution < -0.4 is 5.32 Å². The molecule has 20 heavy (non-hydrogen) atoms. The number of nitrogens with zero attached hydrogens (tertiary/aromatic N) is 2. The van der Waals surface area contributed by atoms with Gasteiger partial charge >= 0.3 is 0 Å². The Hall–Kier alpha value is -0.960. The highest BCUT2D eigenvalue weighted by atomic mass is 32.2. The van der Waals surface area contributed by atoms with Crippen molar-refractivity contribution in [1.29, 1.82) is 0 Å². The average molecular weight is 302 g/mol. The zero-order valence-corrected chi connectivity index (χ0v) is 12.7. The largest absolute Gasteiger partial charge is 0.377 e. The second kappa shape index (κ2) is 6.66. The first kappa shape index (κ1) is 15.4. The van der Waals surface area contributed by atoms with Gasteiger partial charge in [0.05, 0.1) is 12.3 Å². The molecule has 0 radical (unpaired) electrons. The molecule has 1 saturated heterocycles. The van der Waals surface area contributed by atoms with Crippen molar-refractivity contribution in [3.8, 4) is 0 Å². The summed E-state index contributed by atoms with van der Waals surface area (Å²) < 4.78 is 32.3. The van der Waals surface area contributed by atoms with Gasteiger partial charge in [-0.2, -0.15) is 9.40 Å². The lowest BCUT2D eigenvalue weighted by atomic mass is 10.2. The molecule has 1 aromatic rings. The van der Waals surface area contributed by atoms with Crippen molar-refractivity contribution >= 4 is 10.0 Å². The topological polar surface area (TPSA) is 87.3 Å². The molecule has 2 N–H and O–H groups in total. The van der Waals surface area contributed by atoms with Crippen molar-refractivity contribution in [3.05, 3.63) is 11.8 Å². The van der Waals surface area contributed by atoms with E-state index in [1.807, 2.05) is 6.92 Å². The molecular weight excluding hydrogens is 280 g/mol. The van der Waals surface area contributed by atoms with Crippen LogP contribution in [-0.4, -0.2) is 55.8 Å². The van der Waals surface area contributed by atoms with Crippen molar-refractivity contribution in [2.24, 2.45) is 0 Å². The Morgan fingerprint density at radius 2 is 2.40 bits per heavy atom. The van der Waals surface area contributed by atoms with Crippen molar-refractivity contribution in [2.45, 2.75) is 37.4 Å². The van der Waals surface area contributed by atoms with Gasteiger partial charge in [0.2, 0.25) is 0 Å². The molecule has 0 aromatic carbocycles. The van der Waals surface area contributed by atoms with E-state index in [9.17, 15) is 8.42 Å². The molecule has 7 nitrogen and oxygen atoms in total. The second-order valence-corrected chi connectivity index (χ2v) is 6.72. The van der Waals surface area contributed by atoms with E-state index in [0.29, 0.717) is 25.2 Å². The number of likely N-dealkylation sites (N-methyl/N-ethyl adjacent to an activating group) is 1. The van der Waals surface area contributed by atoms with Crippen molar-refractivity contribution in [2.75, 3.05) is 26.7 Å². The van der Waals surface area contributed by atoms with E-state index >= 15 is 0 Å². The normalized spacial score (nSPS) is 19.9. The highest BCUT2D eigenvalue weighted by Gasteiger charge is 2.30. The van der Waals surface area contributed by atoms with Crippen LogP contribution in [0, 0.1) is 0 Å². The molecular formula is C12H22N4O3S. The fraction of sp³-hybridized carbons (Fsp3) is 0.750. The third kappa shape index (κ3) is 3.20. The van der Waals surface area contributed by atoms with Crippen LogP contribution in [0.3, 0.4) is 0 Å². The Morgan fingerprint density at radius 1 is 1.60 bits per heavy atom. The van der Waals surface area contributed by atoms with Gasteiger partial charge in [-0.05, 0) is 19.9 Å². The zero-order valence-electron chi connectivity index (χ0n) is 11.9. The molecule has 0 bridgehead atoms. The number of hydrogen-bond donors (Lipinski definition) is 2. The summed E-state index contributed by atoms with van der Waals surface area (Å²) >= 11 is 0. The van der Waals surface area contributed by atoms with Crippen molar-refractivity contribution < 1.29 is 13.2 Å². The monoisotopic (exact) mass is 302 g/mol. The van der Waals surface area contributed by atoms with Crippen LogP contribution in [-0.2, 0) is 21.3 Å². The summed E-state index contributed by atoms with van der Waals surface area (Å²) in [5.74, 6) is 0. The van der Waals surface area contributed by atoms with Crippen molar-refractivity contribution in [1.82, 2.24) is 19.8 Å². The van der Waals surface area contributed by atoms with E-state index in [-0.39, 0.29) is 11.1 Å². The minimum Gasteiger partial charge on any atom is -0.377 e. The maximum Gasteiger partial charge on any atom is 0.260 e. The summed E-state index contributed by atoms with van der Waals surface area (Å²) in [4.78, 5) is 0. The third-order valence-electron chi connectivity index (χ3n) is 3.43. The predicted octanol–water partition coefficient (Wildman–Crippen LogP) is 0.319. The van der Waals surface area contributed by atoms with E-state index in [4.69, 9.17) is 4.74 Å². The lowest BCUT2D eigenvalue weighted by molar-refractivity contribution is 0.0946. The minimum absolute atomic E-state index is 0.000367. The number of H-pyrrole nitrogens is 1. The second-order valence-electron chi connectivity index (χ2n) is 4.85. The van der Waals surface area contributed by atoms with Gasteiger partial charge in [-0.3, -0.25) is 5.10 Å². The first-order valence-corrected chi connectivity index (χ1v) is 8.32. The lowest BCUT2D eigenvalue weighted by Gasteiger charge is -2.23. The number of aromatic nitrogens is 2. The maximum absolute atomic E-state index is 12.7. The molecule has 2 heterocycles. The van der Waals surface area contributed by atoms with Gasteiger partial charge in [-0.15, -0.1) is 0 Å². The van der Waals surface area contributed by atoms with Gasteiger partial charge in [0.1, 0.15) is 0 Å². The smallest absolute Gasteiger partial charge is 0.260 e. The molecule has 1 atom stereocenters. The molecule has 1 aromatic heterocycles. The van der Waals surface area contributed by atoms with Gasteiger partial charge in [-0.25, -0.2) is 8.42 Å². The van der Waals surface area contributed by atoms with Crippen LogP contribution in [0.5, 0.6) is 0 Å². The Morgan fingerprint density at radius 3 is 3.00 bits per heavy atom. The Balaban J connectivity index is 2.19. The summed E-state index contributed by atoms with van der Waals surface area (Å²) in [7, 11) is -1.78. The number of hydrogen-bond acceptors (Lipinski definition) is 5. The summed E-state index contributed by atoms with van der Waals surface area (Å²) in [6.07, 6.45) is 3.46.